The summed E-state index contributed by atoms with van der Waals surface area (Å²) in [5.41, 5.74) is 0. The van der Waals surface area contributed by atoms with Gasteiger partial charge < -0.3 is 9.90 Å². The van der Waals surface area contributed by atoms with E-state index >= 15 is 0 Å². The third-order valence-electron chi connectivity index (χ3n) is 2.44. The minimum Gasteiger partial charge on any atom is -0.550 e. The number of carbonyl (C=O) groups is 1. The van der Waals surface area contributed by atoms with E-state index in [-0.39, 0.29) is 33.6 Å². The van der Waals surface area contributed by atoms with Crippen LogP contribution in [0.15, 0.2) is 0 Å². The summed E-state index contributed by atoms with van der Waals surface area (Å²) in [5, 5.41) is 10.5. The summed E-state index contributed by atoms with van der Waals surface area (Å²) >= 11 is 0. The largest absolute Gasteiger partial charge is 1.00 e. The molecule has 0 N–H and O–H groups in total. The second-order valence-corrected chi connectivity index (χ2v) is 3.36. The maximum atomic E-state index is 10.5. The van der Waals surface area contributed by atoms with Crippen molar-refractivity contribution in [1.29, 1.82) is 0 Å². The molecule has 1 aliphatic carbocycles. The van der Waals surface area contributed by atoms with Crippen molar-refractivity contribution in [1.82, 2.24) is 0 Å². The summed E-state index contributed by atoms with van der Waals surface area (Å²) in [7, 11) is 0. The van der Waals surface area contributed by atoms with E-state index in [0.717, 1.165) is 25.7 Å². The fourth-order valence-electron chi connectivity index (χ4n) is 1.69. The van der Waals surface area contributed by atoms with Crippen molar-refractivity contribution >= 4 is 5.97 Å². The van der Waals surface area contributed by atoms with Crippen LogP contribution in [0.4, 0.5) is 0 Å². The van der Waals surface area contributed by atoms with E-state index in [1.807, 2.05) is 0 Å². The van der Waals surface area contributed by atoms with Crippen LogP contribution in [0.5, 0.6) is 0 Å². The van der Waals surface area contributed by atoms with Crippen molar-refractivity contribution in [3.05, 3.63) is 0 Å². The Hall–Kier alpha value is 0.405. The molecule has 12 heavy (non-hydrogen) atoms. The van der Waals surface area contributed by atoms with Crippen LogP contribution in [-0.2, 0) is 32.5 Å². The number of hydrogen-bond acceptors (Lipinski definition) is 2. The van der Waals surface area contributed by atoms with E-state index in [0.29, 0.717) is 0 Å². The van der Waals surface area contributed by atoms with Crippen LogP contribution in [0.3, 0.4) is 0 Å². The average molecular weight is 356 g/mol. The number of aliphatic carboxylic acids is 1. The average Bonchev–Trinajstić information content (AvgIpc) is 1.84. The van der Waals surface area contributed by atoms with E-state index in [2.05, 4.69) is 0 Å². The molecule has 0 unspecified atom stereocenters. The smallest absolute Gasteiger partial charge is 0.550 e. The molecule has 0 aliphatic heterocycles. The molecular weight excluding hydrogens is 341 g/mol. The van der Waals surface area contributed by atoms with Gasteiger partial charge in [-0.1, -0.05) is 32.1 Å². The van der Waals surface area contributed by atoms with E-state index in [1.54, 1.807) is 0 Å². The molecule has 3 heteroatoms. The zero-order valence-electron chi connectivity index (χ0n) is 7.55. The molecular formula is C9H15HgO2. The molecule has 0 bridgehead atoms. The van der Waals surface area contributed by atoms with E-state index in [1.165, 1.54) is 19.3 Å². The van der Waals surface area contributed by atoms with Gasteiger partial charge in [0.25, 0.3) is 0 Å². The van der Waals surface area contributed by atoms with E-state index in [4.69, 9.17) is 0 Å². The molecule has 1 rings (SSSR count). The van der Waals surface area contributed by atoms with Crippen LogP contribution in [0.2, 0.25) is 0 Å². The SMILES string of the molecule is O=C([O-])C1CCCCCCC1.[Hg+]. The van der Waals surface area contributed by atoms with Crippen molar-refractivity contribution in [2.24, 2.45) is 5.92 Å². The van der Waals surface area contributed by atoms with Crippen molar-refractivity contribution in [3.8, 4) is 0 Å². The molecule has 0 aromatic rings. The fourth-order valence-corrected chi connectivity index (χ4v) is 1.69. The first-order chi connectivity index (χ1) is 5.30. The second-order valence-electron chi connectivity index (χ2n) is 3.36. The van der Waals surface area contributed by atoms with Crippen LogP contribution in [0, 0.1) is 5.92 Å². The zero-order valence-corrected chi connectivity index (χ0v) is 13.0. The third-order valence-corrected chi connectivity index (χ3v) is 2.44. The summed E-state index contributed by atoms with van der Waals surface area (Å²) in [5.74, 6) is -0.998. The first-order valence-corrected chi connectivity index (χ1v) is 4.51. The first kappa shape index (κ1) is 12.4. The Morgan fingerprint density at radius 2 is 1.42 bits per heavy atom. The normalized spacial score (nSPS) is 20.3. The van der Waals surface area contributed by atoms with Crippen molar-refractivity contribution < 1.29 is 37.6 Å². The van der Waals surface area contributed by atoms with Gasteiger partial charge in [-0.25, -0.2) is 0 Å². The minimum absolute atomic E-state index is 0. The summed E-state index contributed by atoms with van der Waals surface area (Å²) in [6, 6.07) is 0. The van der Waals surface area contributed by atoms with E-state index in [9.17, 15) is 9.90 Å². The number of hydrogen-bond donors (Lipinski definition) is 0. The van der Waals surface area contributed by atoms with Gasteiger partial charge in [0.05, 0.1) is 0 Å². The predicted molar refractivity (Wildman–Crippen MR) is 40.8 cm³/mol. The minimum atomic E-state index is -0.841. The maximum absolute atomic E-state index is 10.5. The number of carboxylic acid groups (broad SMARTS) is 1. The van der Waals surface area contributed by atoms with Gasteiger partial charge >= 0.3 is 27.7 Å². The van der Waals surface area contributed by atoms with Crippen molar-refractivity contribution in [2.75, 3.05) is 0 Å². The Kier molecular flexibility index (Phi) is 7.10. The molecule has 1 aliphatic rings. The molecule has 65 valence electrons. The van der Waals surface area contributed by atoms with Crippen molar-refractivity contribution in [3.63, 3.8) is 0 Å². The Labute approximate surface area is 94.2 Å². The van der Waals surface area contributed by atoms with Gasteiger partial charge in [0.2, 0.25) is 0 Å². The van der Waals surface area contributed by atoms with Crippen LogP contribution in [-0.4, -0.2) is 5.97 Å². The topological polar surface area (TPSA) is 40.1 Å². The number of rotatable bonds is 1. The van der Waals surface area contributed by atoms with Crippen LogP contribution in [0.25, 0.3) is 0 Å². The summed E-state index contributed by atoms with van der Waals surface area (Å²) < 4.78 is 0. The Balaban J connectivity index is 0.00000121. The monoisotopic (exact) mass is 357 g/mol. The fraction of sp³-hybridized carbons (Fsp3) is 0.889. The van der Waals surface area contributed by atoms with Gasteiger partial charge in [-0.2, -0.15) is 0 Å². The molecule has 1 radical (unpaired) electrons. The number of carboxylic acids is 1. The zero-order chi connectivity index (χ0) is 8.10. The van der Waals surface area contributed by atoms with E-state index < -0.39 is 5.97 Å². The molecule has 0 saturated heterocycles. The third kappa shape index (κ3) is 4.44. The van der Waals surface area contributed by atoms with Gasteiger partial charge in [-0.15, -0.1) is 0 Å². The molecule has 0 aromatic heterocycles. The van der Waals surface area contributed by atoms with Gasteiger partial charge in [-0.05, 0) is 18.8 Å². The van der Waals surface area contributed by atoms with Crippen LogP contribution >= 0.6 is 0 Å². The molecule has 0 atom stereocenters. The van der Waals surface area contributed by atoms with Gasteiger partial charge in [-0.3, -0.25) is 0 Å². The van der Waals surface area contributed by atoms with Crippen LogP contribution < -0.4 is 5.11 Å². The number of carbonyl (C=O) groups excluding carboxylic acids is 1. The molecule has 0 heterocycles. The molecule has 1 fully saturated rings. The Morgan fingerprint density at radius 3 is 1.83 bits per heavy atom. The maximum Gasteiger partial charge on any atom is 1.00 e. The van der Waals surface area contributed by atoms with Crippen LogP contribution in [0.1, 0.15) is 44.9 Å². The molecule has 0 aromatic carbocycles. The standard InChI is InChI=1S/C9H16O2.Hg/c10-9(11)8-6-4-2-1-3-5-7-8;/h8H,1-7H2,(H,10,11);/q;+1/p-1. The quantitative estimate of drug-likeness (QED) is 0.661. The van der Waals surface area contributed by atoms with Gasteiger partial charge in [0, 0.05) is 5.97 Å². The molecule has 0 amide bonds. The van der Waals surface area contributed by atoms with Gasteiger partial charge in [0.1, 0.15) is 0 Å². The Bertz CT molecular complexity index is 128. The first-order valence-electron chi connectivity index (χ1n) is 4.51. The second kappa shape index (κ2) is 6.87. The van der Waals surface area contributed by atoms with Crippen molar-refractivity contribution in [2.45, 2.75) is 44.9 Å². The molecule has 0 spiro atoms. The summed E-state index contributed by atoms with van der Waals surface area (Å²) in [6.07, 6.45) is 7.48. The molecule has 1 saturated carbocycles. The summed E-state index contributed by atoms with van der Waals surface area (Å²) in [4.78, 5) is 10.5. The molecule has 2 nitrogen and oxygen atoms in total. The summed E-state index contributed by atoms with van der Waals surface area (Å²) in [6.45, 7) is 0. The van der Waals surface area contributed by atoms with Gasteiger partial charge in [0.15, 0.2) is 0 Å². The Morgan fingerprint density at radius 1 is 1.00 bits per heavy atom. The predicted octanol–water partition coefficient (Wildman–Crippen LogP) is 1.09.